The molecule has 1 aromatic carbocycles. The van der Waals surface area contributed by atoms with E-state index in [1.807, 2.05) is 6.20 Å². The van der Waals surface area contributed by atoms with Crippen molar-refractivity contribution in [2.75, 3.05) is 5.32 Å². The quantitative estimate of drug-likeness (QED) is 0.693. The van der Waals surface area contributed by atoms with Crippen molar-refractivity contribution in [1.29, 1.82) is 0 Å². The fourth-order valence-electron chi connectivity index (χ4n) is 3.69. The third-order valence-electron chi connectivity index (χ3n) is 5.12. The maximum absolute atomic E-state index is 3.76. The minimum absolute atomic E-state index is 0.457. The minimum Gasteiger partial charge on any atom is -0.382 e. The Balaban J connectivity index is 1.65. The molecular formula is C19H28N2. The predicted octanol–water partition coefficient (Wildman–Crippen LogP) is 5.57. The van der Waals surface area contributed by atoms with E-state index >= 15 is 0 Å². The molecule has 0 aliphatic heterocycles. The van der Waals surface area contributed by atoms with Crippen LogP contribution < -0.4 is 5.32 Å². The number of fused-ring (bicyclic) bond motifs is 1. The first kappa shape index (κ1) is 14.5. The number of hydrogen-bond acceptors (Lipinski definition) is 1. The van der Waals surface area contributed by atoms with Gasteiger partial charge in [0.25, 0.3) is 0 Å². The van der Waals surface area contributed by atoms with Crippen LogP contribution in [0.1, 0.15) is 52.9 Å². The van der Waals surface area contributed by atoms with Crippen LogP contribution in [0.4, 0.5) is 5.69 Å². The number of H-pyrrole nitrogens is 1. The van der Waals surface area contributed by atoms with Crippen molar-refractivity contribution in [3.8, 4) is 0 Å². The third-order valence-corrected chi connectivity index (χ3v) is 5.12. The van der Waals surface area contributed by atoms with E-state index in [1.54, 1.807) is 0 Å². The zero-order valence-electron chi connectivity index (χ0n) is 13.6. The lowest BCUT2D eigenvalue weighted by Gasteiger charge is -2.29. The van der Waals surface area contributed by atoms with Gasteiger partial charge in [-0.05, 0) is 61.3 Å². The smallest absolute Gasteiger partial charge is 0.0455 e. The lowest BCUT2D eigenvalue weighted by Crippen LogP contribution is -2.21. The van der Waals surface area contributed by atoms with Crippen molar-refractivity contribution in [2.45, 2.75) is 58.9 Å². The molecule has 1 fully saturated rings. The van der Waals surface area contributed by atoms with E-state index in [0.29, 0.717) is 11.5 Å². The number of hydrogen-bond donors (Lipinski definition) is 2. The highest BCUT2D eigenvalue weighted by Crippen LogP contribution is 2.37. The van der Waals surface area contributed by atoms with Gasteiger partial charge in [-0.15, -0.1) is 0 Å². The first-order valence-electron chi connectivity index (χ1n) is 8.36. The Morgan fingerprint density at radius 3 is 2.71 bits per heavy atom. The molecule has 3 rings (SSSR count). The Morgan fingerprint density at radius 1 is 1.05 bits per heavy atom. The fraction of sp³-hybridized carbons (Fsp3) is 0.579. The Kier molecular flexibility index (Phi) is 3.97. The standard InChI is InChI=1S/C19H28N2/c1-19(2,3)15-5-4-6-16(8-7-15)21-17-9-10-18-14(13-17)11-12-20-18/h9-13,15-16,20-21H,4-8H2,1-3H3. The molecule has 1 aromatic heterocycles. The van der Waals surface area contributed by atoms with Gasteiger partial charge in [0.2, 0.25) is 0 Å². The van der Waals surface area contributed by atoms with Gasteiger partial charge in [-0.2, -0.15) is 0 Å². The van der Waals surface area contributed by atoms with Crippen molar-refractivity contribution >= 4 is 16.6 Å². The highest BCUT2D eigenvalue weighted by Gasteiger charge is 2.27. The van der Waals surface area contributed by atoms with Gasteiger partial charge in [0.15, 0.2) is 0 Å². The summed E-state index contributed by atoms with van der Waals surface area (Å²) < 4.78 is 0. The summed E-state index contributed by atoms with van der Waals surface area (Å²) >= 11 is 0. The topological polar surface area (TPSA) is 27.8 Å². The van der Waals surface area contributed by atoms with Crippen LogP contribution in [0.5, 0.6) is 0 Å². The second-order valence-electron chi connectivity index (χ2n) is 7.69. The Labute approximate surface area is 128 Å². The molecular weight excluding hydrogens is 256 g/mol. The van der Waals surface area contributed by atoms with Crippen LogP contribution in [0.3, 0.4) is 0 Å². The van der Waals surface area contributed by atoms with Crippen LogP contribution in [-0.4, -0.2) is 11.0 Å². The first-order chi connectivity index (χ1) is 10.0. The molecule has 0 bridgehead atoms. The Bertz CT molecular complexity index is 591. The molecule has 2 atom stereocenters. The summed E-state index contributed by atoms with van der Waals surface area (Å²) in [6.45, 7) is 7.18. The largest absolute Gasteiger partial charge is 0.382 e. The summed E-state index contributed by atoms with van der Waals surface area (Å²) in [4.78, 5) is 3.26. The molecule has 2 heteroatoms. The maximum atomic E-state index is 3.76. The second kappa shape index (κ2) is 5.75. The average Bonchev–Trinajstić information content (AvgIpc) is 2.75. The summed E-state index contributed by atoms with van der Waals surface area (Å²) in [6.07, 6.45) is 8.71. The second-order valence-corrected chi connectivity index (χ2v) is 7.69. The highest BCUT2D eigenvalue weighted by atomic mass is 14.9. The van der Waals surface area contributed by atoms with E-state index < -0.39 is 0 Å². The van der Waals surface area contributed by atoms with Gasteiger partial charge >= 0.3 is 0 Å². The number of benzene rings is 1. The summed E-state index contributed by atoms with van der Waals surface area (Å²) in [5.74, 6) is 0.872. The molecule has 2 aromatic rings. The summed E-state index contributed by atoms with van der Waals surface area (Å²) in [7, 11) is 0. The molecule has 1 aliphatic carbocycles. The molecule has 21 heavy (non-hydrogen) atoms. The van der Waals surface area contributed by atoms with Gasteiger partial charge in [-0.3, -0.25) is 0 Å². The van der Waals surface area contributed by atoms with Gasteiger partial charge in [-0.1, -0.05) is 27.2 Å². The normalized spacial score (nSPS) is 24.0. The first-order valence-corrected chi connectivity index (χ1v) is 8.36. The van der Waals surface area contributed by atoms with Gasteiger partial charge in [0, 0.05) is 28.8 Å². The van der Waals surface area contributed by atoms with Crippen LogP contribution in [-0.2, 0) is 0 Å². The Hall–Kier alpha value is -1.44. The molecule has 1 aliphatic rings. The molecule has 2 nitrogen and oxygen atoms in total. The highest BCUT2D eigenvalue weighted by molar-refractivity contribution is 5.83. The number of aromatic amines is 1. The number of nitrogens with one attached hydrogen (secondary N) is 2. The number of rotatable bonds is 2. The van der Waals surface area contributed by atoms with E-state index in [4.69, 9.17) is 0 Å². The van der Waals surface area contributed by atoms with Crippen LogP contribution in [0.2, 0.25) is 0 Å². The van der Waals surface area contributed by atoms with Gasteiger partial charge in [0.05, 0.1) is 0 Å². The van der Waals surface area contributed by atoms with Crippen LogP contribution in [0.15, 0.2) is 30.5 Å². The monoisotopic (exact) mass is 284 g/mol. The predicted molar refractivity (Wildman–Crippen MR) is 91.7 cm³/mol. The van der Waals surface area contributed by atoms with E-state index in [0.717, 1.165) is 5.92 Å². The van der Waals surface area contributed by atoms with Crippen molar-refractivity contribution in [3.63, 3.8) is 0 Å². The number of aromatic nitrogens is 1. The molecule has 2 unspecified atom stereocenters. The van der Waals surface area contributed by atoms with Crippen LogP contribution in [0.25, 0.3) is 10.9 Å². The third kappa shape index (κ3) is 3.42. The van der Waals surface area contributed by atoms with Crippen molar-refractivity contribution in [2.24, 2.45) is 11.3 Å². The van der Waals surface area contributed by atoms with Crippen molar-refractivity contribution in [3.05, 3.63) is 30.5 Å². The lowest BCUT2D eigenvalue weighted by molar-refractivity contribution is 0.214. The van der Waals surface area contributed by atoms with Crippen LogP contribution >= 0.6 is 0 Å². The van der Waals surface area contributed by atoms with Crippen molar-refractivity contribution in [1.82, 2.24) is 4.98 Å². The average molecular weight is 284 g/mol. The summed E-state index contributed by atoms with van der Waals surface area (Å²) in [5, 5.41) is 5.05. The molecule has 0 spiro atoms. The van der Waals surface area contributed by atoms with Gasteiger partial charge in [0.1, 0.15) is 0 Å². The summed E-state index contributed by atoms with van der Waals surface area (Å²) in [6, 6.07) is 9.41. The molecule has 1 saturated carbocycles. The molecule has 0 amide bonds. The lowest BCUT2D eigenvalue weighted by atomic mass is 9.76. The SMILES string of the molecule is CC(C)(C)C1CCCC(Nc2ccc3[nH]ccc3c2)CC1. The van der Waals surface area contributed by atoms with E-state index in [2.05, 4.69) is 55.3 Å². The summed E-state index contributed by atoms with van der Waals surface area (Å²) in [5.41, 5.74) is 2.94. The zero-order valence-corrected chi connectivity index (χ0v) is 13.6. The van der Waals surface area contributed by atoms with Crippen LogP contribution in [0, 0.1) is 11.3 Å². The maximum Gasteiger partial charge on any atom is 0.0455 e. The Morgan fingerprint density at radius 2 is 1.90 bits per heavy atom. The van der Waals surface area contributed by atoms with Gasteiger partial charge < -0.3 is 10.3 Å². The molecule has 1 heterocycles. The zero-order chi connectivity index (χ0) is 14.9. The van der Waals surface area contributed by atoms with E-state index in [1.165, 1.54) is 48.7 Å². The van der Waals surface area contributed by atoms with E-state index in [-0.39, 0.29) is 0 Å². The number of anilines is 1. The fourth-order valence-corrected chi connectivity index (χ4v) is 3.69. The minimum atomic E-state index is 0.457. The molecule has 0 radical (unpaired) electrons. The molecule has 2 N–H and O–H groups in total. The van der Waals surface area contributed by atoms with Gasteiger partial charge in [-0.25, -0.2) is 0 Å². The van der Waals surface area contributed by atoms with Crippen molar-refractivity contribution < 1.29 is 0 Å². The van der Waals surface area contributed by atoms with E-state index in [9.17, 15) is 0 Å². The molecule has 114 valence electrons. The molecule has 0 saturated heterocycles.